The number of nitrogens with zero attached hydrogens (tertiary/aromatic N) is 3. The molecule has 6 nitrogen and oxygen atoms in total. The lowest BCUT2D eigenvalue weighted by Crippen LogP contribution is -2.03. The van der Waals surface area contributed by atoms with Gasteiger partial charge >= 0.3 is 0 Å². The summed E-state index contributed by atoms with van der Waals surface area (Å²) in [6.45, 7) is 2.50. The van der Waals surface area contributed by atoms with Crippen LogP contribution in [-0.4, -0.2) is 33.0 Å². The minimum atomic E-state index is 0.134. The molecule has 7 heteroatoms. The molecule has 0 aliphatic carbocycles. The Balaban J connectivity index is 0.000000162. The molecule has 0 unspecified atom stereocenters. The van der Waals surface area contributed by atoms with Crippen molar-refractivity contribution in [3.05, 3.63) is 11.5 Å². The zero-order chi connectivity index (χ0) is 11.4. The average molecular weight is 241 g/mol. The third-order valence-electron chi connectivity index (χ3n) is 2.22. The summed E-state index contributed by atoms with van der Waals surface area (Å²) in [6.07, 6.45) is 4.27. The molecule has 1 aliphatic heterocycles. The van der Waals surface area contributed by atoms with E-state index in [0.717, 1.165) is 0 Å². The van der Waals surface area contributed by atoms with Gasteiger partial charge in [0.15, 0.2) is 10.8 Å². The highest BCUT2D eigenvalue weighted by atomic mass is 35.5. The van der Waals surface area contributed by atoms with Gasteiger partial charge in [-0.2, -0.15) is 9.97 Å². The number of nitrogen functional groups attached to an aromatic ring is 1. The van der Waals surface area contributed by atoms with E-state index < -0.39 is 0 Å². The second kappa shape index (κ2) is 5.09. The minimum absolute atomic E-state index is 0.134. The molecule has 2 aromatic heterocycles. The molecule has 3 heterocycles. The first-order valence-corrected chi connectivity index (χ1v) is 5.48. The second-order valence-corrected chi connectivity index (χ2v) is 3.79. The molecule has 2 aromatic rings. The Hall–Kier alpha value is -1.40. The summed E-state index contributed by atoms with van der Waals surface area (Å²) in [6, 6.07) is 0. The van der Waals surface area contributed by atoms with E-state index in [9.17, 15) is 0 Å². The Kier molecular flexibility index (Phi) is 3.53. The average Bonchev–Trinajstić information content (AvgIpc) is 2.90. The maximum absolute atomic E-state index is 5.70. The van der Waals surface area contributed by atoms with E-state index in [1.807, 2.05) is 0 Å². The highest BCUT2D eigenvalue weighted by Crippen LogP contribution is 2.16. The summed E-state index contributed by atoms with van der Waals surface area (Å²) < 4.78 is 0. The standard InChI is InChI=1S/C5H4ClN5.C4H9N/c6-3-2-4(9-1-8-2)11-5(7)10-3;1-2-4-5-3-1/h1H,(H3,7,8,9,10,11);5H,1-4H2. The number of halogens is 1. The first-order valence-electron chi connectivity index (χ1n) is 5.10. The van der Waals surface area contributed by atoms with Crippen molar-refractivity contribution >= 4 is 28.7 Å². The van der Waals surface area contributed by atoms with Gasteiger partial charge in [0, 0.05) is 0 Å². The van der Waals surface area contributed by atoms with Crippen LogP contribution in [0.4, 0.5) is 5.95 Å². The molecule has 0 spiro atoms. The molecule has 0 radical (unpaired) electrons. The highest BCUT2D eigenvalue weighted by Gasteiger charge is 2.04. The topological polar surface area (TPSA) is 92.5 Å². The molecule has 1 saturated heterocycles. The molecule has 0 aromatic carbocycles. The quantitative estimate of drug-likeness (QED) is 0.597. The van der Waals surface area contributed by atoms with Crippen molar-refractivity contribution in [3.63, 3.8) is 0 Å². The van der Waals surface area contributed by atoms with Gasteiger partial charge in [0.2, 0.25) is 5.95 Å². The molecular formula is C9H13ClN6. The molecule has 1 aliphatic rings. The Bertz CT molecular complexity index is 456. The molecule has 0 bridgehead atoms. The number of aromatic amines is 1. The van der Waals surface area contributed by atoms with Gasteiger partial charge in [-0.15, -0.1) is 0 Å². The van der Waals surface area contributed by atoms with Crippen molar-refractivity contribution in [1.82, 2.24) is 25.3 Å². The third-order valence-corrected chi connectivity index (χ3v) is 2.49. The Morgan fingerprint density at radius 1 is 1.25 bits per heavy atom. The summed E-state index contributed by atoms with van der Waals surface area (Å²) in [5.74, 6) is 0.134. The zero-order valence-corrected chi connectivity index (χ0v) is 9.46. The number of nitrogens with one attached hydrogen (secondary N) is 2. The molecule has 0 atom stereocenters. The fraction of sp³-hybridized carbons (Fsp3) is 0.444. The number of anilines is 1. The SMILES string of the molecule is C1CCNC1.Nc1nc(Cl)c2[nH]cnc2n1. The van der Waals surface area contributed by atoms with Crippen LogP contribution in [0.1, 0.15) is 12.8 Å². The van der Waals surface area contributed by atoms with Gasteiger partial charge in [-0.05, 0) is 25.9 Å². The maximum Gasteiger partial charge on any atom is 0.223 e. The van der Waals surface area contributed by atoms with Gasteiger partial charge < -0.3 is 16.0 Å². The van der Waals surface area contributed by atoms with Crippen molar-refractivity contribution in [2.24, 2.45) is 0 Å². The lowest BCUT2D eigenvalue weighted by atomic mass is 10.4. The fourth-order valence-corrected chi connectivity index (χ4v) is 1.66. The van der Waals surface area contributed by atoms with Crippen LogP contribution in [0.2, 0.25) is 5.15 Å². The number of imidazole rings is 1. The number of rotatable bonds is 0. The largest absolute Gasteiger partial charge is 0.368 e. The van der Waals surface area contributed by atoms with E-state index >= 15 is 0 Å². The molecule has 3 rings (SSSR count). The monoisotopic (exact) mass is 240 g/mol. The number of hydrogen-bond acceptors (Lipinski definition) is 5. The summed E-state index contributed by atoms with van der Waals surface area (Å²) >= 11 is 5.70. The Morgan fingerprint density at radius 2 is 2.00 bits per heavy atom. The molecule has 86 valence electrons. The summed E-state index contributed by atoms with van der Waals surface area (Å²) in [5.41, 5.74) is 6.42. The third kappa shape index (κ3) is 2.59. The Morgan fingerprint density at radius 3 is 2.62 bits per heavy atom. The van der Waals surface area contributed by atoms with E-state index in [2.05, 4.69) is 25.3 Å². The second-order valence-electron chi connectivity index (χ2n) is 3.43. The van der Waals surface area contributed by atoms with Crippen molar-refractivity contribution in [2.45, 2.75) is 12.8 Å². The lowest BCUT2D eigenvalue weighted by molar-refractivity contribution is 0.857. The van der Waals surface area contributed by atoms with Crippen LogP contribution in [0.15, 0.2) is 6.33 Å². The van der Waals surface area contributed by atoms with Crippen LogP contribution in [0.25, 0.3) is 11.2 Å². The smallest absolute Gasteiger partial charge is 0.223 e. The van der Waals surface area contributed by atoms with Gasteiger partial charge in [0.1, 0.15) is 5.52 Å². The lowest BCUT2D eigenvalue weighted by Gasteiger charge is -1.92. The summed E-state index contributed by atoms with van der Waals surface area (Å²) in [5, 5.41) is 3.52. The van der Waals surface area contributed by atoms with E-state index in [1.54, 1.807) is 0 Å². The van der Waals surface area contributed by atoms with Crippen molar-refractivity contribution < 1.29 is 0 Å². The van der Waals surface area contributed by atoms with Crippen LogP contribution in [0.3, 0.4) is 0 Å². The van der Waals surface area contributed by atoms with Crippen molar-refractivity contribution in [1.29, 1.82) is 0 Å². The van der Waals surface area contributed by atoms with Crippen LogP contribution in [0, 0.1) is 0 Å². The van der Waals surface area contributed by atoms with Crippen LogP contribution in [0.5, 0.6) is 0 Å². The number of H-pyrrole nitrogens is 1. The van der Waals surface area contributed by atoms with Crippen molar-refractivity contribution in [2.75, 3.05) is 18.8 Å². The van der Waals surface area contributed by atoms with E-state index in [1.165, 1.54) is 32.3 Å². The normalized spacial score (nSPS) is 14.8. The maximum atomic E-state index is 5.70. The van der Waals surface area contributed by atoms with E-state index in [0.29, 0.717) is 16.3 Å². The highest BCUT2D eigenvalue weighted by molar-refractivity contribution is 6.33. The van der Waals surface area contributed by atoms with Crippen LogP contribution >= 0.6 is 11.6 Å². The van der Waals surface area contributed by atoms with Gasteiger partial charge in [-0.3, -0.25) is 0 Å². The van der Waals surface area contributed by atoms with Gasteiger partial charge in [-0.25, -0.2) is 4.98 Å². The number of nitrogens with two attached hydrogens (primary N) is 1. The molecule has 1 fully saturated rings. The van der Waals surface area contributed by atoms with Gasteiger partial charge in [0.25, 0.3) is 0 Å². The Labute approximate surface area is 97.6 Å². The molecular weight excluding hydrogens is 228 g/mol. The molecule has 4 N–H and O–H groups in total. The summed E-state index contributed by atoms with van der Waals surface area (Å²) in [4.78, 5) is 14.2. The van der Waals surface area contributed by atoms with Gasteiger partial charge in [-0.1, -0.05) is 11.6 Å². The first-order chi connectivity index (χ1) is 7.77. The number of fused-ring (bicyclic) bond motifs is 1. The van der Waals surface area contributed by atoms with Crippen LogP contribution in [-0.2, 0) is 0 Å². The van der Waals surface area contributed by atoms with Crippen LogP contribution < -0.4 is 11.1 Å². The predicted octanol–water partition coefficient (Wildman–Crippen LogP) is 0.958. The predicted molar refractivity (Wildman–Crippen MR) is 63.2 cm³/mol. The van der Waals surface area contributed by atoms with E-state index in [4.69, 9.17) is 17.3 Å². The van der Waals surface area contributed by atoms with Gasteiger partial charge in [0.05, 0.1) is 6.33 Å². The molecule has 0 amide bonds. The van der Waals surface area contributed by atoms with E-state index in [-0.39, 0.29) is 5.95 Å². The zero-order valence-electron chi connectivity index (χ0n) is 8.70. The fourth-order valence-electron chi connectivity index (χ4n) is 1.44. The first kappa shape index (κ1) is 11.1. The number of aromatic nitrogens is 4. The molecule has 0 saturated carbocycles. The minimum Gasteiger partial charge on any atom is -0.368 e. The number of hydrogen-bond donors (Lipinski definition) is 3. The summed E-state index contributed by atoms with van der Waals surface area (Å²) in [7, 11) is 0. The van der Waals surface area contributed by atoms with Crippen molar-refractivity contribution in [3.8, 4) is 0 Å². The molecule has 16 heavy (non-hydrogen) atoms.